The molecule has 0 atom stereocenters. The molecule has 0 radical (unpaired) electrons. The molecule has 0 aliphatic rings. The molecular weight excluding hydrogens is 200 g/mol. The second-order valence-corrected chi connectivity index (χ2v) is 3.89. The number of methoxy groups -OCH3 is 1. The van der Waals surface area contributed by atoms with Gasteiger partial charge >= 0.3 is 0 Å². The lowest BCUT2D eigenvalue weighted by Gasteiger charge is -2.03. The highest BCUT2D eigenvalue weighted by Crippen LogP contribution is 2.26. The molecule has 3 rings (SSSR count). The van der Waals surface area contributed by atoms with E-state index in [1.807, 2.05) is 12.1 Å². The van der Waals surface area contributed by atoms with E-state index in [1.54, 1.807) is 13.4 Å². The van der Waals surface area contributed by atoms with Gasteiger partial charge in [-0.1, -0.05) is 18.2 Å². The maximum absolute atomic E-state index is 5.38. The summed E-state index contributed by atoms with van der Waals surface area (Å²) in [5.41, 5.74) is 2.13. The van der Waals surface area contributed by atoms with E-state index in [2.05, 4.69) is 24.3 Å². The Morgan fingerprint density at radius 3 is 2.88 bits per heavy atom. The number of hydrogen-bond acceptors (Lipinski definition) is 2. The molecule has 0 fully saturated rings. The molecule has 2 aromatic carbocycles. The molecule has 0 aliphatic heterocycles. The van der Waals surface area contributed by atoms with Crippen molar-refractivity contribution in [2.24, 2.45) is 0 Å². The van der Waals surface area contributed by atoms with Crippen molar-refractivity contribution in [3.8, 4) is 0 Å². The van der Waals surface area contributed by atoms with E-state index in [9.17, 15) is 0 Å². The first-order chi connectivity index (χ1) is 7.88. The number of fused-ring (bicyclic) bond motifs is 3. The van der Waals surface area contributed by atoms with E-state index >= 15 is 0 Å². The van der Waals surface area contributed by atoms with Gasteiger partial charge in [0.15, 0.2) is 0 Å². The van der Waals surface area contributed by atoms with Crippen LogP contribution in [0.25, 0.3) is 21.7 Å². The van der Waals surface area contributed by atoms with Crippen molar-refractivity contribution in [2.75, 3.05) is 7.11 Å². The van der Waals surface area contributed by atoms with Crippen LogP contribution < -0.4 is 0 Å². The Hall–Kier alpha value is -1.80. The molecule has 1 aromatic heterocycles. The average molecular weight is 212 g/mol. The number of rotatable bonds is 2. The third-order valence-electron chi connectivity index (χ3n) is 2.83. The van der Waals surface area contributed by atoms with E-state index in [1.165, 1.54) is 21.7 Å². The first-order valence-corrected chi connectivity index (χ1v) is 5.26. The maximum atomic E-state index is 5.38. The first-order valence-electron chi connectivity index (χ1n) is 5.26. The van der Waals surface area contributed by atoms with Crippen LogP contribution in [0.4, 0.5) is 0 Å². The molecule has 0 amide bonds. The molecule has 3 aromatic rings. The molecule has 80 valence electrons. The Bertz CT molecular complexity index is 637. The summed E-state index contributed by atoms with van der Waals surface area (Å²) in [6.07, 6.45) is 1.73. The zero-order valence-corrected chi connectivity index (χ0v) is 9.07. The predicted molar refractivity (Wildman–Crippen MR) is 64.4 cm³/mol. The highest BCUT2D eigenvalue weighted by atomic mass is 16.5. The predicted octanol–water partition coefficient (Wildman–Crippen LogP) is 3.73. The molecule has 2 nitrogen and oxygen atoms in total. The van der Waals surface area contributed by atoms with Gasteiger partial charge in [-0.25, -0.2) is 0 Å². The minimum atomic E-state index is 0.652. The normalized spacial score (nSPS) is 11.3. The number of benzene rings is 2. The standard InChI is InChI=1S/C14H12O2/c1-15-9-10-2-4-12-11(8-10)3-5-14-13(12)6-7-16-14/h2-8H,9H2,1H3. The molecule has 0 saturated carbocycles. The Morgan fingerprint density at radius 2 is 2.00 bits per heavy atom. The summed E-state index contributed by atoms with van der Waals surface area (Å²) in [4.78, 5) is 0. The molecule has 1 heterocycles. The lowest BCUT2D eigenvalue weighted by molar-refractivity contribution is 0.185. The lowest BCUT2D eigenvalue weighted by atomic mass is 10.0. The van der Waals surface area contributed by atoms with Crippen LogP contribution in [-0.4, -0.2) is 7.11 Å². The molecule has 0 unspecified atom stereocenters. The summed E-state index contributed by atoms with van der Waals surface area (Å²) < 4.78 is 10.5. The van der Waals surface area contributed by atoms with Gasteiger partial charge in [0.25, 0.3) is 0 Å². The van der Waals surface area contributed by atoms with Gasteiger partial charge in [0, 0.05) is 12.5 Å². The van der Waals surface area contributed by atoms with Gasteiger partial charge in [0.2, 0.25) is 0 Å². The number of furan rings is 1. The van der Waals surface area contributed by atoms with Crippen LogP contribution >= 0.6 is 0 Å². The van der Waals surface area contributed by atoms with Crippen molar-refractivity contribution < 1.29 is 9.15 Å². The van der Waals surface area contributed by atoms with Crippen LogP contribution in [0.1, 0.15) is 5.56 Å². The van der Waals surface area contributed by atoms with Gasteiger partial charge in [0.1, 0.15) is 5.58 Å². The van der Waals surface area contributed by atoms with Gasteiger partial charge in [-0.3, -0.25) is 0 Å². The van der Waals surface area contributed by atoms with Crippen molar-refractivity contribution in [1.82, 2.24) is 0 Å². The molecule has 0 bridgehead atoms. The average Bonchev–Trinajstić information content (AvgIpc) is 2.77. The third kappa shape index (κ3) is 1.39. The van der Waals surface area contributed by atoms with Crippen molar-refractivity contribution >= 4 is 21.7 Å². The molecule has 2 heteroatoms. The molecule has 0 N–H and O–H groups in total. The van der Waals surface area contributed by atoms with Gasteiger partial charge in [-0.05, 0) is 34.5 Å². The smallest absolute Gasteiger partial charge is 0.134 e. The van der Waals surface area contributed by atoms with Crippen molar-refractivity contribution in [3.63, 3.8) is 0 Å². The topological polar surface area (TPSA) is 22.4 Å². The van der Waals surface area contributed by atoms with Gasteiger partial charge in [-0.2, -0.15) is 0 Å². The fraction of sp³-hybridized carbons (Fsp3) is 0.143. The first kappa shape index (κ1) is 9.43. The highest BCUT2D eigenvalue weighted by molar-refractivity contribution is 6.05. The van der Waals surface area contributed by atoms with E-state index in [4.69, 9.17) is 9.15 Å². The van der Waals surface area contributed by atoms with Gasteiger partial charge < -0.3 is 9.15 Å². The molecule has 0 aliphatic carbocycles. The minimum Gasteiger partial charge on any atom is -0.464 e. The van der Waals surface area contributed by atoms with E-state index in [-0.39, 0.29) is 0 Å². The Morgan fingerprint density at radius 1 is 1.06 bits per heavy atom. The zero-order chi connectivity index (χ0) is 11.0. The molecular formula is C14H12O2. The SMILES string of the molecule is COCc1ccc2c(ccc3occc32)c1. The Labute approximate surface area is 93.4 Å². The number of hydrogen-bond donors (Lipinski definition) is 0. The fourth-order valence-corrected chi connectivity index (χ4v) is 2.09. The van der Waals surface area contributed by atoms with Crippen molar-refractivity contribution in [3.05, 3.63) is 48.2 Å². The Balaban J connectivity index is 2.28. The second kappa shape index (κ2) is 3.65. The summed E-state index contributed by atoms with van der Waals surface area (Å²) in [5.74, 6) is 0. The number of ether oxygens (including phenoxy) is 1. The van der Waals surface area contributed by atoms with Crippen LogP contribution in [0.5, 0.6) is 0 Å². The van der Waals surface area contributed by atoms with E-state index < -0.39 is 0 Å². The van der Waals surface area contributed by atoms with Crippen LogP contribution in [0, 0.1) is 0 Å². The van der Waals surface area contributed by atoms with Crippen LogP contribution in [0.2, 0.25) is 0 Å². The summed E-state index contributed by atoms with van der Waals surface area (Å²) in [7, 11) is 1.71. The van der Waals surface area contributed by atoms with Crippen LogP contribution in [0.3, 0.4) is 0 Å². The van der Waals surface area contributed by atoms with Crippen molar-refractivity contribution in [1.29, 1.82) is 0 Å². The fourth-order valence-electron chi connectivity index (χ4n) is 2.09. The van der Waals surface area contributed by atoms with Crippen LogP contribution in [-0.2, 0) is 11.3 Å². The maximum Gasteiger partial charge on any atom is 0.134 e. The quantitative estimate of drug-likeness (QED) is 0.645. The van der Waals surface area contributed by atoms with Gasteiger partial charge in [0.05, 0.1) is 12.9 Å². The van der Waals surface area contributed by atoms with E-state index in [0.717, 1.165) is 5.58 Å². The largest absolute Gasteiger partial charge is 0.464 e. The summed E-state index contributed by atoms with van der Waals surface area (Å²) in [5, 5.41) is 3.62. The molecule has 0 spiro atoms. The molecule has 16 heavy (non-hydrogen) atoms. The van der Waals surface area contributed by atoms with Crippen molar-refractivity contribution in [2.45, 2.75) is 6.61 Å². The second-order valence-electron chi connectivity index (χ2n) is 3.89. The summed E-state index contributed by atoms with van der Waals surface area (Å²) in [6, 6.07) is 12.5. The van der Waals surface area contributed by atoms with E-state index in [0.29, 0.717) is 6.61 Å². The third-order valence-corrected chi connectivity index (χ3v) is 2.83. The summed E-state index contributed by atoms with van der Waals surface area (Å²) in [6.45, 7) is 0.652. The van der Waals surface area contributed by atoms with Gasteiger partial charge in [-0.15, -0.1) is 0 Å². The molecule has 0 saturated heterocycles. The Kier molecular flexibility index (Phi) is 2.15. The summed E-state index contributed by atoms with van der Waals surface area (Å²) >= 11 is 0. The highest BCUT2D eigenvalue weighted by Gasteiger charge is 2.03. The zero-order valence-electron chi connectivity index (χ0n) is 9.07. The van der Waals surface area contributed by atoms with Crippen LogP contribution in [0.15, 0.2) is 47.1 Å². The minimum absolute atomic E-state index is 0.652. The lowest BCUT2D eigenvalue weighted by Crippen LogP contribution is -1.86. The monoisotopic (exact) mass is 212 g/mol.